The highest BCUT2D eigenvalue weighted by molar-refractivity contribution is 7.99. The summed E-state index contributed by atoms with van der Waals surface area (Å²) in [6, 6.07) is 7.49. The molecule has 322 valence electrons. The van der Waals surface area contributed by atoms with E-state index in [9.17, 15) is 39.6 Å². The van der Waals surface area contributed by atoms with Crippen LogP contribution >= 0.6 is 11.8 Å². The van der Waals surface area contributed by atoms with Gasteiger partial charge in [0.05, 0.1) is 22.8 Å². The van der Waals surface area contributed by atoms with Crippen molar-refractivity contribution in [2.24, 2.45) is 23.7 Å². The number of amides is 1. The summed E-state index contributed by atoms with van der Waals surface area (Å²) in [5, 5.41) is 43.9. The number of thioether (sulfide) groups is 1. The first-order chi connectivity index (χ1) is 28.4. The summed E-state index contributed by atoms with van der Waals surface area (Å²) in [6.07, 6.45) is 11.1. The van der Waals surface area contributed by atoms with Gasteiger partial charge in [0.1, 0.15) is 23.7 Å². The molecule has 12 nitrogen and oxygen atoms in total. The number of rotatable bonds is 22. The maximum Gasteiger partial charge on any atom is 0.310 e. The molecule has 2 aromatic rings. The number of ketones is 1. The van der Waals surface area contributed by atoms with E-state index in [1.165, 1.54) is 29.3 Å². The number of carbonyl (C=O) groups is 4. The van der Waals surface area contributed by atoms with Crippen LogP contribution in [0.4, 0.5) is 0 Å². The molecule has 8 unspecified atom stereocenters. The lowest BCUT2D eigenvalue weighted by atomic mass is 9.78. The van der Waals surface area contributed by atoms with Gasteiger partial charge in [-0.3, -0.25) is 23.7 Å². The van der Waals surface area contributed by atoms with E-state index in [4.69, 9.17) is 9.47 Å². The van der Waals surface area contributed by atoms with Gasteiger partial charge in [0.25, 0.3) is 0 Å². The summed E-state index contributed by atoms with van der Waals surface area (Å²) < 4.78 is 14.3. The van der Waals surface area contributed by atoms with Crippen LogP contribution in [-0.4, -0.2) is 79.2 Å². The number of nitrogens with zero attached hydrogens (tertiary/aromatic N) is 1. The molecule has 2 saturated carbocycles. The third-order valence-corrected chi connectivity index (χ3v) is 13.1. The van der Waals surface area contributed by atoms with Crippen molar-refractivity contribution in [2.75, 3.05) is 12.3 Å². The number of nitrogens with one attached hydrogen (secondary N) is 1. The number of aromatic nitrogens is 1. The lowest BCUT2D eigenvalue weighted by Gasteiger charge is -2.31. The normalized spacial score (nSPS) is 23.1. The third-order valence-electron chi connectivity index (χ3n) is 12.0. The molecule has 2 heterocycles. The molecule has 1 amide bonds. The molecule has 13 heteroatoms. The Morgan fingerprint density at radius 1 is 1.07 bits per heavy atom. The first kappa shape index (κ1) is 45.7. The van der Waals surface area contributed by atoms with Gasteiger partial charge in [-0.05, 0) is 69.6 Å². The Bertz CT molecular complexity index is 1860. The second-order valence-corrected chi connectivity index (χ2v) is 17.5. The molecule has 8 atom stereocenters. The molecule has 5 N–H and O–H groups in total. The number of carbonyl (C=O) groups excluding carboxylic acids is 3. The van der Waals surface area contributed by atoms with E-state index in [-0.39, 0.29) is 72.7 Å². The Morgan fingerprint density at radius 2 is 1.83 bits per heavy atom. The van der Waals surface area contributed by atoms with E-state index < -0.39 is 30.0 Å². The maximum absolute atomic E-state index is 14.0. The van der Waals surface area contributed by atoms with Crippen molar-refractivity contribution in [2.45, 2.75) is 146 Å². The Morgan fingerprint density at radius 3 is 2.58 bits per heavy atom. The Kier molecular flexibility index (Phi) is 17.2. The van der Waals surface area contributed by atoms with Gasteiger partial charge < -0.3 is 35.2 Å². The molecule has 0 spiro atoms. The predicted octanol–water partition coefficient (Wildman–Crippen LogP) is 7.30. The second kappa shape index (κ2) is 22.3. The fraction of sp³-hybridized carbons (Fsp3) is 0.609. The maximum atomic E-state index is 14.0. The summed E-state index contributed by atoms with van der Waals surface area (Å²) in [5.41, 5.74) is 1.96. The van der Waals surface area contributed by atoms with Crippen molar-refractivity contribution in [1.82, 2.24) is 9.88 Å². The summed E-state index contributed by atoms with van der Waals surface area (Å²) in [7, 11) is 0. The fourth-order valence-corrected chi connectivity index (χ4v) is 9.68. The van der Waals surface area contributed by atoms with Gasteiger partial charge in [-0.1, -0.05) is 63.0 Å². The summed E-state index contributed by atoms with van der Waals surface area (Å²) in [5.74, 6) is 4.53. The van der Waals surface area contributed by atoms with Crippen LogP contribution in [0, 0.1) is 35.5 Å². The van der Waals surface area contributed by atoms with Gasteiger partial charge in [-0.25, -0.2) is 0 Å². The Hall–Kier alpha value is -4.41. The molecule has 59 heavy (non-hydrogen) atoms. The SMILES string of the molecule is CC#CCC(C)C(O)C=CC1C(OC(=O)C2CCCCC2C(=O)NCCCCCCSc2cc(O)n(CCC(C)=O)c2O)CC2Oc3c(CCCC(=O)O)cccc3C21. The monoisotopic (exact) mass is 834 g/mol. The van der Waals surface area contributed by atoms with Crippen LogP contribution in [0.1, 0.15) is 121 Å². The van der Waals surface area contributed by atoms with E-state index in [0.717, 1.165) is 61.2 Å². The predicted molar refractivity (Wildman–Crippen MR) is 225 cm³/mol. The number of carboxylic acid groups (broad SMARTS) is 1. The smallest absolute Gasteiger partial charge is 0.310 e. The molecule has 1 aromatic heterocycles. The number of fused-ring (bicyclic) bond motifs is 3. The lowest BCUT2D eigenvalue weighted by Crippen LogP contribution is -2.41. The molecular formula is C46H62N2O10S. The standard InChI is InChI=1S/C46H62N2O10S/c1-4-5-14-29(2)36(50)22-21-34-37(27-38-42(34)35-19-12-15-31(43(35)57-38)16-13-20-41(52)53)58-46(56)33-18-9-8-17-32(33)44(54)47-24-10-6-7-11-26-59-39-28-40(51)48(45(39)55)25-23-30(3)49/h12,15,19,21-22,28-29,32-34,36-38,42,50-51,55H,6-11,13-14,16-18,20,23-27H2,1-3H3,(H,47,54)(H,52,53). The first-order valence-electron chi connectivity index (χ1n) is 21.4. The van der Waals surface area contributed by atoms with Crippen LogP contribution in [0.3, 0.4) is 0 Å². The highest BCUT2D eigenvalue weighted by atomic mass is 32.2. The summed E-state index contributed by atoms with van der Waals surface area (Å²) >= 11 is 1.46. The molecule has 0 radical (unpaired) electrons. The van der Waals surface area contributed by atoms with Gasteiger partial charge in [-0.2, -0.15) is 0 Å². The van der Waals surface area contributed by atoms with Gasteiger partial charge in [0.15, 0.2) is 5.88 Å². The van der Waals surface area contributed by atoms with E-state index in [0.29, 0.717) is 50.0 Å². The van der Waals surface area contributed by atoms with E-state index in [2.05, 4.69) is 17.2 Å². The number of carboxylic acids is 1. The van der Waals surface area contributed by atoms with E-state index >= 15 is 0 Å². The van der Waals surface area contributed by atoms with Crippen molar-refractivity contribution in [1.29, 1.82) is 0 Å². The second-order valence-electron chi connectivity index (χ2n) is 16.4. The topological polar surface area (TPSA) is 185 Å². The van der Waals surface area contributed by atoms with Crippen molar-refractivity contribution < 1.29 is 49.1 Å². The number of aryl methyl sites for hydroxylation is 1. The zero-order chi connectivity index (χ0) is 42.5. The number of aliphatic hydroxyl groups is 1. The summed E-state index contributed by atoms with van der Waals surface area (Å²) in [4.78, 5) is 50.6. The van der Waals surface area contributed by atoms with Crippen LogP contribution in [-0.2, 0) is 36.9 Å². The average Bonchev–Trinajstić information content (AvgIpc) is 3.83. The number of ether oxygens (including phenoxy) is 2. The molecular weight excluding hydrogens is 773 g/mol. The third kappa shape index (κ3) is 12.3. The highest BCUT2D eigenvalue weighted by Gasteiger charge is 2.52. The van der Waals surface area contributed by atoms with Crippen molar-refractivity contribution >= 4 is 35.4 Å². The zero-order valence-corrected chi connectivity index (χ0v) is 35.5. The van der Waals surface area contributed by atoms with Crippen LogP contribution in [0.25, 0.3) is 0 Å². The minimum Gasteiger partial charge on any atom is -0.494 e. The lowest BCUT2D eigenvalue weighted by molar-refractivity contribution is -0.161. The Labute approximate surface area is 352 Å². The number of para-hydroxylation sites is 1. The molecule has 3 aliphatic rings. The van der Waals surface area contributed by atoms with E-state index in [1.807, 2.05) is 31.2 Å². The van der Waals surface area contributed by atoms with Crippen LogP contribution in [0.15, 0.2) is 41.3 Å². The number of hydrogen-bond donors (Lipinski definition) is 5. The van der Waals surface area contributed by atoms with Crippen molar-refractivity contribution in [3.05, 3.63) is 47.5 Å². The first-order valence-corrected chi connectivity index (χ1v) is 22.4. The molecule has 1 aromatic carbocycles. The minimum atomic E-state index is -0.836. The number of Topliss-reactive ketones (excluding diaryl/α,β-unsaturated/α-hetero) is 1. The van der Waals surface area contributed by atoms with Crippen molar-refractivity contribution in [3.8, 4) is 29.4 Å². The number of aliphatic carboxylic acids is 1. The minimum absolute atomic E-state index is 0.0164. The number of aliphatic hydroxyl groups excluding tert-OH is 1. The van der Waals surface area contributed by atoms with E-state index in [1.54, 1.807) is 13.0 Å². The fourth-order valence-electron chi connectivity index (χ4n) is 8.68. The van der Waals surface area contributed by atoms with Gasteiger partial charge in [-0.15, -0.1) is 23.6 Å². The van der Waals surface area contributed by atoms with Crippen molar-refractivity contribution in [3.63, 3.8) is 0 Å². The average molecular weight is 835 g/mol. The number of hydrogen-bond acceptors (Lipinski definition) is 10. The van der Waals surface area contributed by atoms with Gasteiger partial charge in [0.2, 0.25) is 11.8 Å². The largest absolute Gasteiger partial charge is 0.494 e. The highest BCUT2D eigenvalue weighted by Crippen LogP contribution is 2.53. The van der Waals surface area contributed by atoms with Crippen LogP contribution in [0.5, 0.6) is 17.5 Å². The van der Waals surface area contributed by atoms with Gasteiger partial charge in [0, 0.05) is 62.2 Å². The Balaban J connectivity index is 1.15. The molecule has 1 aliphatic heterocycles. The van der Waals surface area contributed by atoms with Crippen LogP contribution in [0.2, 0.25) is 0 Å². The zero-order valence-electron chi connectivity index (χ0n) is 34.7. The summed E-state index contributed by atoms with van der Waals surface area (Å²) in [6.45, 7) is 5.94. The molecule has 0 saturated heterocycles. The number of aromatic hydroxyl groups is 2. The molecule has 5 rings (SSSR count). The molecule has 2 aliphatic carbocycles. The van der Waals surface area contributed by atoms with Crippen LogP contribution < -0.4 is 10.1 Å². The quantitative estimate of drug-likeness (QED) is 0.0264. The van der Waals surface area contributed by atoms with Gasteiger partial charge >= 0.3 is 11.9 Å². The molecule has 0 bridgehead atoms. The number of esters is 1. The number of benzene rings is 1. The molecule has 2 fully saturated rings. The number of unbranched alkanes of at least 4 members (excludes halogenated alkanes) is 3.